The molecule has 0 radical (unpaired) electrons. The standard InChI is InChI=1S/C12H18N4O2/c1-12(2,3)15-11(17)14-9-6-4-5-8(7-9)10(13)16-18/h4-7,18H,1-3H3,(H2,13,16)(H2,14,15,17). The van der Waals surface area contributed by atoms with Crippen molar-refractivity contribution in [1.82, 2.24) is 5.32 Å². The van der Waals surface area contributed by atoms with E-state index in [1.165, 1.54) is 0 Å². The van der Waals surface area contributed by atoms with Crippen LogP contribution in [0.15, 0.2) is 29.4 Å². The van der Waals surface area contributed by atoms with Gasteiger partial charge in [-0.15, -0.1) is 0 Å². The highest BCUT2D eigenvalue weighted by Crippen LogP contribution is 2.11. The van der Waals surface area contributed by atoms with Gasteiger partial charge in [-0.05, 0) is 32.9 Å². The van der Waals surface area contributed by atoms with E-state index in [1.807, 2.05) is 20.8 Å². The van der Waals surface area contributed by atoms with Crippen LogP contribution in [0.2, 0.25) is 0 Å². The molecule has 1 rings (SSSR count). The molecule has 0 spiro atoms. The quantitative estimate of drug-likeness (QED) is 0.278. The van der Waals surface area contributed by atoms with Crippen molar-refractivity contribution >= 4 is 17.6 Å². The molecular weight excluding hydrogens is 232 g/mol. The number of amides is 2. The lowest BCUT2D eigenvalue weighted by molar-refractivity contribution is 0.244. The number of nitrogens with one attached hydrogen (secondary N) is 2. The van der Waals surface area contributed by atoms with Crippen molar-refractivity contribution < 1.29 is 10.0 Å². The van der Waals surface area contributed by atoms with Crippen LogP contribution in [0, 0.1) is 0 Å². The molecule has 1 aromatic carbocycles. The summed E-state index contributed by atoms with van der Waals surface area (Å²) >= 11 is 0. The molecule has 0 saturated heterocycles. The van der Waals surface area contributed by atoms with Crippen LogP contribution in [0.5, 0.6) is 0 Å². The van der Waals surface area contributed by atoms with E-state index in [2.05, 4.69) is 15.8 Å². The van der Waals surface area contributed by atoms with Crippen molar-refractivity contribution in [2.75, 3.05) is 5.32 Å². The molecule has 0 bridgehead atoms. The van der Waals surface area contributed by atoms with Crippen molar-refractivity contribution in [2.24, 2.45) is 10.9 Å². The number of carbonyl (C=O) groups excluding carboxylic acids is 1. The van der Waals surface area contributed by atoms with Crippen molar-refractivity contribution in [3.05, 3.63) is 29.8 Å². The molecule has 0 atom stereocenters. The molecule has 6 heteroatoms. The number of amidine groups is 1. The number of hydrogen-bond donors (Lipinski definition) is 4. The Morgan fingerprint density at radius 2 is 2.06 bits per heavy atom. The fraction of sp³-hybridized carbons (Fsp3) is 0.333. The average molecular weight is 250 g/mol. The first-order chi connectivity index (χ1) is 8.31. The lowest BCUT2D eigenvalue weighted by Crippen LogP contribution is -2.43. The van der Waals surface area contributed by atoms with E-state index in [1.54, 1.807) is 24.3 Å². The van der Waals surface area contributed by atoms with Gasteiger partial charge >= 0.3 is 6.03 Å². The third-order valence-corrected chi connectivity index (χ3v) is 2.01. The topological polar surface area (TPSA) is 99.7 Å². The predicted molar refractivity (Wildman–Crippen MR) is 70.9 cm³/mol. The summed E-state index contributed by atoms with van der Waals surface area (Å²) in [6.07, 6.45) is 0. The second-order valence-corrected chi connectivity index (χ2v) is 4.90. The van der Waals surface area contributed by atoms with Crippen molar-refractivity contribution in [1.29, 1.82) is 0 Å². The highest BCUT2D eigenvalue weighted by Gasteiger charge is 2.13. The van der Waals surface area contributed by atoms with Gasteiger partial charge in [0.15, 0.2) is 5.84 Å². The van der Waals surface area contributed by atoms with Gasteiger partial charge in [0.2, 0.25) is 0 Å². The highest BCUT2D eigenvalue weighted by atomic mass is 16.4. The summed E-state index contributed by atoms with van der Waals surface area (Å²) in [5, 5.41) is 16.9. The second-order valence-electron chi connectivity index (χ2n) is 4.90. The second kappa shape index (κ2) is 5.39. The number of benzene rings is 1. The fourth-order valence-electron chi connectivity index (χ4n) is 1.32. The Bertz CT molecular complexity index is 463. The SMILES string of the molecule is CC(C)(C)NC(=O)Nc1cccc(/C(N)=N/O)c1. The molecule has 0 unspecified atom stereocenters. The molecule has 6 nitrogen and oxygen atoms in total. The Hall–Kier alpha value is -2.24. The summed E-state index contributed by atoms with van der Waals surface area (Å²) in [5.41, 5.74) is 6.26. The van der Waals surface area contributed by atoms with Crippen LogP contribution in [0.1, 0.15) is 26.3 Å². The number of urea groups is 1. The summed E-state index contributed by atoms with van der Waals surface area (Å²) in [4.78, 5) is 11.6. The van der Waals surface area contributed by atoms with E-state index in [0.717, 1.165) is 0 Å². The van der Waals surface area contributed by atoms with Crippen LogP contribution in [-0.2, 0) is 0 Å². The van der Waals surface area contributed by atoms with E-state index in [9.17, 15) is 4.79 Å². The molecular formula is C12H18N4O2. The molecule has 0 aromatic heterocycles. The molecule has 0 heterocycles. The zero-order valence-corrected chi connectivity index (χ0v) is 10.7. The van der Waals surface area contributed by atoms with Crippen LogP contribution in [0.4, 0.5) is 10.5 Å². The average Bonchev–Trinajstić information content (AvgIpc) is 2.25. The minimum atomic E-state index is -0.312. The van der Waals surface area contributed by atoms with E-state index in [-0.39, 0.29) is 17.4 Å². The van der Waals surface area contributed by atoms with Gasteiger partial charge < -0.3 is 21.6 Å². The molecule has 0 aliphatic rings. The number of anilines is 1. The van der Waals surface area contributed by atoms with E-state index in [4.69, 9.17) is 10.9 Å². The molecule has 98 valence electrons. The van der Waals surface area contributed by atoms with Gasteiger partial charge in [0.05, 0.1) is 0 Å². The molecule has 0 saturated carbocycles. The van der Waals surface area contributed by atoms with E-state index in [0.29, 0.717) is 11.3 Å². The predicted octanol–water partition coefficient (Wildman–Crippen LogP) is 1.70. The summed E-state index contributed by atoms with van der Waals surface area (Å²) < 4.78 is 0. The minimum absolute atomic E-state index is 0.00474. The summed E-state index contributed by atoms with van der Waals surface area (Å²) in [5.74, 6) is -0.00474. The Labute approximate surface area is 106 Å². The van der Waals surface area contributed by atoms with E-state index < -0.39 is 0 Å². The highest BCUT2D eigenvalue weighted by molar-refractivity contribution is 5.99. The fourth-order valence-corrected chi connectivity index (χ4v) is 1.32. The van der Waals surface area contributed by atoms with Crippen LogP contribution < -0.4 is 16.4 Å². The summed E-state index contributed by atoms with van der Waals surface area (Å²) in [6, 6.07) is 6.43. The Kier molecular flexibility index (Phi) is 4.14. The lowest BCUT2D eigenvalue weighted by Gasteiger charge is -2.20. The van der Waals surface area contributed by atoms with Gasteiger partial charge in [0.1, 0.15) is 0 Å². The number of hydrogen-bond acceptors (Lipinski definition) is 3. The monoisotopic (exact) mass is 250 g/mol. The number of nitrogens with two attached hydrogens (primary N) is 1. The molecule has 1 aromatic rings. The molecule has 0 fully saturated rings. The van der Waals surface area contributed by atoms with Crippen LogP contribution in [0.3, 0.4) is 0 Å². The molecule has 5 N–H and O–H groups in total. The third kappa shape index (κ3) is 4.32. The molecule has 0 aliphatic heterocycles. The Morgan fingerprint density at radius 3 is 2.61 bits per heavy atom. The largest absolute Gasteiger partial charge is 0.409 e. The number of carbonyl (C=O) groups is 1. The third-order valence-electron chi connectivity index (χ3n) is 2.01. The van der Waals surface area contributed by atoms with Crippen molar-refractivity contribution in [3.8, 4) is 0 Å². The molecule has 2 amide bonds. The number of nitrogens with zero attached hydrogens (tertiary/aromatic N) is 1. The molecule has 18 heavy (non-hydrogen) atoms. The van der Waals surface area contributed by atoms with Gasteiger partial charge in [-0.2, -0.15) is 0 Å². The number of rotatable bonds is 2. The smallest absolute Gasteiger partial charge is 0.319 e. The zero-order valence-electron chi connectivity index (χ0n) is 10.7. The summed E-state index contributed by atoms with van der Waals surface area (Å²) in [7, 11) is 0. The maximum absolute atomic E-state index is 11.6. The van der Waals surface area contributed by atoms with Gasteiger partial charge in [0, 0.05) is 16.8 Å². The molecule has 0 aliphatic carbocycles. The summed E-state index contributed by atoms with van der Waals surface area (Å²) in [6.45, 7) is 5.66. The van der Waals surface area contributed by atoms with Crippen LogP contribution in [0.25, 0.3) is 0 Å². The van der Waals surface area contributed by atoms with Crippen molar-refractivity contribution in [3.63, 3.8) is 0 Å². The first-order valence-electron chi connectivity index (χ1n) is 5.49. The normalized spacial score (nSPS) is 12.1. The van der Waals surface area contributed by atoms with Gasteiger partial charge in [-0.1, -0.05) is 17.3 Å². The van der Waals surface area contributed by atoms with Crippen LogP contribution in [-0.4, -0.2) is 22.6 Å². The number of oxime groups is 1. The minimum Gasteiger partial charge on any atom is -0.409 e. The Balaban J connectivity index is 2.77. The lowest BCUT2D eigenvalue weighted by atomic mass is 10.1. The van der Waals surface area contributed by atoms with Gasteiger partial charge in [0.25, 0.3) is 0 Å². The first kappa shape index (κ1) is 13.8. The van der Waals surface area contributed by atoms with Crippen molar-refractivity contribution in [2.45, 2.75) is 26.3 Å². The van der Waals surface area contributed by atoms with Gasteiger partial charge in [-0.25, -0.2) is 4.79 Å². The van der Waals surface area contributed by atoms with E-state index >= 15 is 0 Å². The van der Waals surface area contributed by atoms with Crippen LogP contribution >= 0.6 is 0 Å². The maximum Gasteiger partial charge on any atom is 0.319 e. The maximum atomic E-state index is 11.6. The Morgan fingerprint density at radius 1 is 1.39 bits per heavy atom. The first-order valence-corrected chi connectivity index (χ1v) is 5.49. The van der Waals surface area contributed by atoms with Gasteiger partial charge in [-0.3, -0.25) is 0 Å². The zero-order chi connectivity index (χ0) is 13.8.